The highest BCUT2D eigenvalue weighted by molar-refractivity contribution is 6.02. The van der Waals surface area contributed by atoms with Crippen molar-refractivity contribution in [2.75, 3.05) is 29.9 Å². The molecule has 0 atom stereocenters. The maximum atomic E-state index is 12.0. The first kappa shape index (κ1) is 18.1. The standard InChI is InChI=1S/C19H18N4O4/c24-18(9-4-14-2-1-3-17(12-14)23(26)27)21-15-5-7-16(8-6-15)22-11-10-20-19(25)13-22/h1-9,12H,10-11,13H2,(H,20,25)(H,21,24)/b9-4+. The smallest absolute Gasteiger partial charge is 0.270 e. The van der Waals surface area contributed by atoms with Gasteiger partial charge in [0.25, 0.3) is 5.69 Å². The van der Waals surface area contributed by atoms with Crippen molar-refractivity contribution in [3.05, 3.63) is 70.3 Å². The van der Waals surface area contributed by atoms with E-state index in [0.29, 0.717) is 24.3 Å². The van der Waals surface area contributed by atoms with Crippen molar-refractivity contribution in [3.8, 4) is 0 Å². The molecule has 8 nitrogen and oxygen atoms in total. The van der Waals surface area contributed by atoms with E-state index < -0.39 is 4.92 Å². The van der Waals surface area contributed by atoms with E-state index in [4.69, 9.17) is 0 Å². The lowest BCUT2D eigenvalue weighted by atomic mass is 10.2. The van der Waals surface area contributed by atoms with Gasteiger partial charge < -0.3 is 15.5 Å². The number of non-ortho nitro benzene ring substituents is 1. The summed E-state index contributed by atoms with van der Waals surface area (Å²) in [6.45, 7) is 1.67. The first-order valence-corrected chi connectivity index (χ1v) is 8.36. The fraction of sp³-hybridized carbons (Fsp3) is 0.158. The summed E-state index contributed by atoms with van der Waals surface area (Å²) in [4.78, 5) is 35.7. The SMILES string of the molecule is O=C(/C=C/c1cccc([N+](=O)[O-])c1)Nc1ccc(N2CCNC(=O)C2)cc1. The number of hydrogen-bond donors (Lipinski definition) is 2. The highest BCUT2D eigenvalue weighted by atomic mass is 16.6. The molecule has 138 valence electrons. The first-order valence-electron chi connectivity index (χ1n) is 8.36. The fourth-order valence-electron chi connectivity index (χ4n) is 2.71. The number of anilines is 2. The molecule has 27 heavy (non-hydrogen) atoms. The molecule has 0 spiro atoms. The Labute approximate surface area is 155 Å². The van der Waals surface area contributed by atoms with Gasteiger partial charge in [-0.25, -0.2) is 0 Å². The highest BCUT2D eigenvalue weighted by Crippen LogP contribution is 2.19. The van der Waals surface area contributed by atoms with Gasteiger partial charge in [0, 0.05) is 42.7 Å². The van der Waals surface area contributed by atoms with Crippen LogP contribution in [0.3, 0.4) is 0 Å². The lowest BCUT2D eigenvalue weighted by molar-refractivity contribution is -0.384. The van der Waals surface area contributed by atoms with E-state index in [-0.39, 0.29) is 17.5 Å². The number of carbonyl (C=O) groups is 2. The van der Waals surface area contributed by atoms with Crippen LogP contribution in [0.25, 0.3) is 6.08 Å². The van der Waals surface area contributed by atoms with Crippen LogP contribution >= 0.6 is 0 Å². The number of piperazine rings is 1. The van der Waals surface area contributed by atoms with Crippen molar-refractivity contribution < 1.29 is 14.5 Å². The van der Waals surface area contributed by atoms with Gasteiger partial charge in [0.1, 0.15) is 0 Å². The molecule has 1 aliphatic heterocycles. The van der Waals surface area contributed by atoms with Gasteiger partial charge in [-0.05, 0) is 35.9 Å². The molecule has 1 aliphatic rings. The van der Waals surface area contributed by atoms with Crippen LogP contribution in [-0.2, 0) is 9.59 Å². The van der Waals surface area contributed by atoms with E-state index >= 15 is 0 Å². The molecule has 0 radical (unpaired) electrons. The summed E-state index contributed by atoms with van der Waals surface area (Å²) in [7, 11) is 0. The normalized spacial score (nSPS) is 14.1. The van der Waals surface area contributed by atoms with E-state index in [1.165, 1.54) is 24.3 Å². The maximum absolute atomic E-state index is 12.0. The van der Waals surface area contributed by atoms with Gasteiger partial charge in [-0.1, -0.05) is 12.1 Å². The number of nitrogens with zero attached hydrogens (tertiary/aromatic N) is 2. The average molecular weight is 366 g/mol. The van der Waals surface area contributed by atoms with Crippen molar-refractivity contribution in [1.82, 2.24) is 5.32 Å². The van der Waals surface area contributed by atoms with Gasteiger partial charge >= 0.3 is 0 Å². The maximum Gasteiger partial charge on any atom is 0.270 e. The van der Waals surface area contributed by atoms with Gasteiger partial charge in [0.05, 0.1) is 11.5 Å². The topological polar surface area (TPSA) is 105 Å². The molecule has 0 aromatic heterocycles. The largest absolute Gasteiger partial charge is 0.360 e. The second-order valence-electron chi connectivity index (χ2n) is 5.99. The van der Waals surface area contributed by atoms with Crippen molar-refractivity contribution in [2.24, 2.45) is 0 Å². The molecule has 8 heteroatoms. The second kappa shape index (κ2) is 8.13. The van der Waals surface area contributed by atoms with Crippen LogP contribution in [0.15, 0.2) is 54.6 Å². The molecule has 1 fully saturated rings. The molecule has 1 heterocycles. The quantitative estimate of drug-likeness (QED) is 0.479. The minimum atomic E-state index is -0.481. The third-order valence-corrected chi connectivity index (χ3v) is 4.05. The number of nitro benzene ring substituents is 1. The molecule has 2 aromatic carbocycles. The predicted molar refractivity (Wildman–Crippen MR) is 102 cm³/mol. The lowest BCUT2D eigenvalue weighted by Crippen LogP contribution is -2.47. The zero-order chi connectivity index (χ0) is 19.2. The average Bonchev–Trinajstić information content (AvgIpc) is 2.67. The van der Waals surface area contributed by atoms with Crippen molar-refractivity contribution in [1.29, 1.82) is 0 Å². The van der Waals surface area contributed by atoms with Crippen LogP contribution < -0.4 is 15.5 Å². The summed E-state index contributed by atoms with van der Waals surface area (Å²) in [5.41, 5.74) is 2.07. The lowest BCUT2D eigenvalue weighted by Gasteiger charge is -2.28. The minimum Gasteiger partial charge on any atom is -0.360 e. The van der Waals surface area contributed by atoms with Crippen molar-refractivity contribution in [3.63, 3.8) is 0 Å². The van der Waals surface area contributed by atoms with Gasteiger partial charge in [0.2, 0.25) is 11.8 Å². The number of nitro groups is 1. The van der Waals surface area contributed by atoms with Gasteiger partial charge in [-0.2, -0.15) is 0 Å². The molecule has 2 aromatic rings. The van der Waals surface area contributed by atoms with Crippen molar-refractivity contribution >= 4 is 35.0 Å². The minimum absolute atomic E-state index is 0.00934. The van der Waals surface area contributed by atoms with Gasteiger partial charge in [-0.3, -0.25) is 19.7 Å². The number of benzene rings is 2. The molecule has 0 aliphatic carbocycles. The third kappa shape index (κ3) is 4.91. The summed E-state index contributed by atoms with van der Waals surface area (Å²) < 4.78 is 0. The zero-order valence-electron chi connectivity index (χ0n) is 14.4. The van der Waals surface area contributed by atoms with E-state index in [1.807, 2.05) is 17.0 Å². The zero-order valence-corrected chi connectivity index (χ0v) is 14.4. The van der Waals surface area contributed by atoms with E-state index in [2.05, 4.69) is 10.6 Å². The summed E-state index contributed by atoms with van der Waals surface area (Å²) >= 11 is 0. The first-order chi connectivity index (χ1) is 13.0. The molecule has 3 rings (SSSR count). The number of carbonyl (C=O) groups excluding carboxylic acids is 2. The van der Waals surface area contributed by atoms with E-state index in [9.17, 15) is 19.7 Å². The van der Waals surface area contributed by atoms with E-state index in [1.54, 1.807) is 24.3 Å². The number of amides is 2. The van der Waals surface area contributed by atoms with Crippen LogP contribution in [0.1, 0.15) is 5.56 Å². The third-order valence-electron chi connectivity index (χ3n) is 4.05. The van der Waals surface area contributed by atoms with Gasteiger partial charge in [0.15, 0.2) is 0 Å². The molecule has 2 N–H and O–H groups in total. The van der Waals surface area contributed by atoms with Gasteiger partial charge in [-0.15, -0.1) is 0 Å². The number of nitrogens with one attached hydrogen (secondary N) is 2. The molecular weight excluding hydrogens is 348 g/mol. The highest BCUT2D eigenvalue weighted by Gasteiger charge is 2.16. The summed E-state index contributed by atoms with van der Waals surface area (Å²) in [6.07, 6.45) is 2.84. The molecule has 1 saturated heterocycles. The Balaban J connectivity index is 1.60. The molecule has 2 amide bonds. The Morgan fingerprint density at radius 1 is 1.22 bits per heavy atom. The summed E-state index contributed by atoms with van der Waals surface area (Å²) in [5.74, 6) is -0.350. The van der Waals surface area contributed by atoms with Crippen LogP contribution in [0, 0.1) is 10.1 Å². The van der Waals surface area contributed by atoms with Crippen LogP contribution in [0.2, 0.25) is 0 Å². The van der Waals surface area contributed by atoms with Crippen LogP contribution in [-0.4, -0.2) is 36.4 Å². The van der Waals surface area contributed by atoms with Crippen molar-refractivity contribution in [2.45, 2.75) is 0 Å². The Bertz CT molecular complexity index is 893. The van der Waals surface area contributed by atoms with E-state index in [0.717, 1.165) is 12.2 Å². The second-order valence-corrected chi connectivity index (χ2v) is 5.99. The van der Waals surface area contributed by atoms with Crippen LogP contribution in [0.5, 0.6) is 0 Å². The molecule has 0 unspecified atom stereocenters. The Kier molecular flexibility index (Phi) is 5.46. The monoisotopic (exact) mass is 366 g/mol. The Morgan fingerprint density at radius 3 is 2.70 bits per heavy atom. The Morgan fingerprint density at radius 2 is 2.00 bits per heavy atom. The molecular formula is C19H18N4O4. The molecule has 0 saturated carbocycles. The Hall–Kier alpha value is -3.68. The summed E-state index contributed by atoms with van der Waals surface area (Å²) in [6, 6.07) is 13.3. The number of hydrogen-bond acceptors (Lipinski definition) is 5. The molecule has 0 bridgehead atoms. The van der Waals surface area contributed by atoms with Crippen LogP contribution in [0.4, 0.5) is 17.1 Å². The fourth-order valence-corrected chi connectivity index (χ4v) is 2.71. The predicted octanol–water partition coefficient (Wildman–Crippen LogP) is 2.18. The summed E-state index contributed by atoms with van der Waals surface area (Å²) in [5, 5.41) is 16.3. The number of rotatable bonds is 5.